The van der Waals surface area contributed by atoms with Crippen LogP contribution in [0.5, 0.6) is 0 Å². The molecule has 1 N–H and O–H groups in total. The number of ether oxygens (including phenoxy) is 1. The van der Waals surface area contributed by atoms with E-state index >= 15 is 0 Å². The molecule has 0 aliphatic carbocycles. The Hall–Kier alpha value is -0.870. The van der Waals surface area contributed by atoms with Crippen LogP contribution in [0.25, 0.3) is 0 Å². The molecule has 4 heteroatoms. The highest BCUT2D eigenvalue weighted by atomic mass is 32.1. The third kappa shape index (κ3) is 4.95. The lowest BCUT2D eigenvalue weighted by atomic mass is 10.4. The molecule has 0 radical (unpaired) electrons. The summed E-state index contributed by atoms with van der Waals surface area (Å²) >= 11 is 1.78. The summed E-state index contributed by atoms with van der Waals surface area (Å²) < 4.78 is 4.82. The number of aryl methyl sites for hydroxylation is 1. The van der Waals surface area contributed by atoms with Crippen molar-refractivity contribution in [2.24, 2.45) is 0 Å². The maximum Gasteiger partial charge on any atom is 0.307 e. The van der Waals surface area contributed by atoms with Crippen molar-refractivity contribution in [3.63, 3.8) is 0 Å². The lowest BCUT2D eigenvalue weighted by molar-refractivity contribution is -0.142. The second-order valence-corrected chi connectivity index (χ2v) is 4.62. The number of nitrogens with one attached hydrogen (secondary N) is 1. The van der Waals surface area contributed by atoms with E-state index < -0.39 is 0 Å². The van der Waals surface area contributed by atoms with Gasteiger partial charge in [0.15, 0.2) is 0 Å². The minimum Gasteiger partial charge on any atom is -0.466 e. The molecule has 0 spiro atoms. The predicted octanol–water partition coefficient (Wildman–Crippen LogP) is 2.10. The number of hydrogen-bond acceptors (Lipinski definition) is 4. The molecule has 1 rings (SSSR count). The molecular weight excluding hydrogens is 210 g/mol. The number of carbonyl (C=O) groups is 1. The molecule has 0 bridgehead atoms. The summed E-state index contributed by atoms with van der Waals surface area (Å²) in [5.74, 6) is -0.132. The first kappa shape index (κ1) is 12.2. The van der Waals surface area contributed by atoms with Gasteiger partial charge in [-0.25, -0.2) is 0 Å². The van der Waals surface area contributed by atoms with E-state index in [2.05, 4.69) is 24.4 Å². The molecule has 0 saturated heterocycles. The highest BCUT2D eigenvalue weighted by Crippen LogP contribution is 2.14. The van der Waals surface area contributed by atoms with Crippen molar-refractivity contribution >= 4 is 17.3 Å². The van der Waals surface area contributed by atoms with E-state index in [4.69, 9.17) is 4.74 Å². The second kappa shape index (κ2) is 6.58. The SMILES string of the molecule is CCOC(=O)CCNCc1ccc(C)s1. The van der Waals surface area contributed by atoms with Gasteiger partial charge < -0.3 is 10.1 Å². The monoisotopic (exact) mass is 227 g/mol. The van der Waals surface area contributed by atoms with Gasteiger partial charge in [0.05, 0.1) is 13.0 Å². The Morgan fingerprint density at radius 1 is 1.53 bits per heavy atom. The molecule has 0 atom stereocenters. The van der Waals surface area contributed by atoms with E-state index in [9.17, 15) is 4.79 Å². The Balaban J connectivity index is 2.09. The van der Waals surface area contributed by atoms with Crippen LogP contribution >= 0.6 is 11.3 Å². The number of esters is 1. The van der Waals surface area contributed by atoms with E-state index in [1.165, 1.54) is 9.75 Å². The van der Waals surface area contributed by atoms with Crippen molar-refractivity contribution in [1.29, 1.82) is 0 Å². The van der Waals surface area contributed by atoms with Crippen molar-refractivity contribution < 1.29 is 9.53 Å². The molecule has 1 aromatic rings. The molecule has 0 aliphatic heterocycles. The fourth-order valence-corrected chi connectivity index (χ4v) is 2.08. The van der Waals surface area contributed by atoms with Gasteiger partial charge in [0.25, 0.3) is 0 Å². The van der Waals surface area contributed by atoms with Crippen LogP contribution in [0.3, 0.4) is 0 Å². The van der Waals surface area contributed by atoms with Crippen LogP contribution in [0.4, 0.5) is 0 Å². The van der Waals surface area contributed by atoms with Gasteiger partial charge in [0, 0.05) is 22.8 Å². The lowest BCUT2D eigenvalue weighted by Gasteiger charge is -2.02. The summed E-state index contributed by atoms with van der Waals surface area (Å²) in [7, 11) is 0. The molecule has 0 fully saturated rings. The van der Waals surface area contributed by atoms with Gasteiger partial charge in [-0.3, -0.25) is 4.79 Å². The number of hydrogen-bond donors (Lipinski definition) is 1. The molecule has 3 nitrogen and oxygen atoms in total. The third-order valence-corrected chi connectivity index (χ3v) is 2.91. The molecule has 84 valence electrons. The van der Waals surface area contributed by atoms with Crippen molar-refractivity contribution in [1.82, 2.24) is 5.32 Å². The molecule has 0 saturated carbocycles. The van der Waals surface area contributed by atoms with Crippen molar-refractivity contribution in [3.05, 3.63) is 21.9 Å². The fourth-order valence-electron chi connectivity index (χ4n) is 1.22. The van der Waals surface area contributed by atoms with Gasteiger partial charge >= 0.3 is 5.97 Å². The summed E-state index contributed by atoms with van der Waals surface area (Å²) in [6.45, 7) is 5.88. The summed E-state index contributed by atoms with van der Waals surface area (Å²) in [6, 6.07) is 4.21. The summed E-state index contributed by atoms with van der Waals surface area (Å²) in [5, 5.41) is 3.21. The van der Waals surface area contributed by atoms with Gasteiger partial charge in [0.2, 0.25) is 0 Å². The Bertz CT molecular complexity index is 309. The molecule has 15 heavy (non-hydrogen) atoms. The highest BCUT2D eigenvalue weighted by molar-refractivity contribution is 7.11. The van der Waals surface area contributed by atoms with E-state index in [0.29, 0.717) is 19.6 Å². The number of carbonyl (C=O) groups excluding carboxylic acids is 1. The van der Waals surface area contributed by atoms with Crippen LogP contribution < -0.4 is 5.32 Å². The maximum absolute atomic E-state index is 11.0. The third-order valence-electron chi connectivity index (χ3n) is 1.91. The molecule has 1 heterocycles. The first-order chi connectivity index (χ1) is 7.22. The molecule has 0 aliphatic rings. The molecule has 0 aromatic carbocycles. The fraction of sp³-hybridized carbons (Fsp3) is 0.545. The summed E-state index contributed by atoms with van der Waals surface area (Å²) in [4.78, 5) is 13.6. The number of thiophene rings is 1. The largest absolute Gasteiger partial charge is 0.466 e. The zero-order valence-electron chi connectivity index (χ0n) is 9.21. The molecule has 1 aromatic heterocycles. The maximum atomic E-state index is 11.0. The van der Waals surface area contributed by atoms with Gasteiger partial charge in [-0.15, -0.1) is 11.3 Å². The lowest BCUT2D eigenvalue weighted by Crippen LogP contribution is -2.18. The Kier molecular flexibility index (Phi) is 5.36. The summed E-state index contributed by atoms with van der Waals surface area (Å²) in [6.07, 6.45) is 0.443. The average molecular weight is 227 g/mol. The minimum atomic E-state index is -0.132. The van der Waals surface area contributed by atoms with E-state index in [0.717, 1.165) is 6.54 Å². The minimum absolute atomic E-state index is 0.132. The van der Waals surface area contributed by atoms with Crippen LogP contribution in [0.2, 0.25) is 0 Å². The van der Waals surface area contributed by atoms with E-state index in [-0.39, 0.29) is 5.97 Å². The zero-order chi connectivity index (χ0) is 11.1. The van der Waals surface area contributed by atoms with E-state index in [1.54, 1.807) is 11.3 Å². The van der Waals surface area contributed by atoms with Crippen molar-refractivity contribution in [2.45, 2.75) is 26.8 Å². The van der Waals surface area contributed by atoms with Crippen molar-refractivity contribution in [2.75, 3.05) is 13.2 Å². The standard InChI is InChI=1S/C11H17NO2S/c1-3-14-11(13)6-7-12-8-10-5-4-9(2)15-10/h4-5,12H,3,6-8H2,1-2H3. The second-order valence-electron chi connectivity index (χ2n) is 3.24. The smallest absolute Gasteiger partial charge is 0.307 e. The first-order valence-electron chi connectivity index (χ1n) is 5.14. The Labute approximate surface area is 94.5 Å². The molecule has 0 amide bonds. The first-order valence-corrected chi connectivity index (χ1v) is 5.95. The van der Waals surface area contributed by atoms with Crippen molar-refractivity contribution in [3.8, 4) is 0 Å². The Morgan fingerprint density at radius 2 is 2.33 bits per heavy atom. The van der Waals surface area contributed by atoms with E-state index in [1.807, 2.05) is 6.92 Å². The van der Waals surface area contributed by atoms with Crippen LogP contribution in [-0.2, 0) is 16.1 Å². The average Bonchev–Trinajstić information content (AvgIpc) is 2.60. The molecular formula is C11H17NO2S. The topological polar surface area (TPSA) is 38.3 Å². The molecule has 0 unspecified atom stereocenters. The van der Waals surface area contributed by atoms with Crippen LogP contribution in [0.1, 0.15) is 23.1 Å². The van der Waals surface area contributed by atoms with Crippen LogP contribution in [0, 0.1) is 6.92 Å². The van der Waals surface area contributed by atoms with Gasteiger partial charge in [-0.2, -0.15) is 0 Å². The van der Waals surface area contributed by atoms with Gasteiger partial charge in [-0.1, -0.05) is 0 Å². The number of rotatable bonds is 6. The zero-order valence-corrected chi connectivity index (χ0v) is 10.0. The normalized spacial score (nSPS) is 10.3. The van der Waals surface area contributed by atoms with Gasteiger partial charge in [0.1, 0.15) is 0 Å². The van der Waals surface area contributed by atoms with Crippen LogP contribution in [-0.4, -0.2) is 19.1 Å². The summed E-state index contributed by atoms with van der Waals surface area (Å²) in [5.41, 5.74) is 0. The Morgan fingerprint density at radius 3 is 2.93 bits per heavy atom. The predicted molar refractivity (Wildman–Crippen MR) is 62.0 cm³/mol. The highest BCUT2D eigenvalue weighted by Gasteiger charge is 2.01. The quantitative estimate of drug-likeness (QED) is 0.597. The van der Waals surface area contributed by atoms with Crippen LogP contribution in [0.15, 0.2) is 12.1 Å². The van der Waals surface area contributed by atoms with Gasteiger partial charge in [-0.05, 0) is 26.0 Å².